The Labute approximate surface area is 103 Å². The first-order valence-corrected chi connectivity index (χ1v) is 5.77. The highest BCUT2D eigenvalue weighted by Gasteiger charge is 2.08. The summed E-state index contributed by atoms with van der Waals surface area (Å²) in [4.78, 5) is 13.2. The van der Waals surface area contributed by atoms with E-state index in [-0.39, 0.29) is 0 Å². The van der Waals surface area contributed by atoms with Crippen LogP contribution in [0.5, 0.6) is 0 Å². The van der Waals surface area contributed by atoms with Crippen molar-refractivity contribution in [1.82, 2.24) is 4.90 Å². The van der Waals surface area contributed by atoms with Crippen LogP contribution in [0.4, 0.5) is 5.69 Å². The Balaban J connectivity index is 2.75. The predicted molar refractivity (Wildman–Crippen MR) is 70.5 cm³/mol. The molecule has 0 heterocycles. The molecule has 4 nitrogen and oxygen atoms in total. The van der Waals surface area contributed by atoms with E-state index in [0.29, 0.717) is 17.2 Å². The number of hydrogen-bond acceptors (Lipinski definition) is 3. The molecule has 0 saturated heterocycles. The maximum absolute atomic E-state index is 11.0. The summed E-state index contributed by atoms with van der Waals surface area (Å²) in [5.41, 5.74) is 13.2. The van der Waals surface area contributed by atoms with Crippen LogP contribution in [0.1, 0.15) is 29.8 Å². The van der Waals surface area contributed by atoms with Gasteiger partial charge in [0.2, 0.25) is 5.91 Å². The molecule has 0 aromatic heterocycles. The standard InChI is InChI=1S/C13H21N3O/c1-9(2)7-16(3)8-11-5-4-10(13(15)17)6-12(11)14/h4-6,9H,7-8,14H2,1-3H3,(H2,15,17). The Morgan fingerprint density at radius 1 is 1.41 bits per heavy atom. The van der Waals surface area contributed by atoms with Gasteiger partial charge in [0.15, 0.2) is 0 Å². The second-order valence-corrected chi connectivity index (χ2v) is 4.87. The zero-order valence-electron chi connectivity index (χ0n) is 10.7. The number of nitrogens with two attached hydrogens (primary N) is 2. The number of benzene rings is 1. The average Bonchev–Trinajstić information content (AvgIpc) is 2.19. The highest BCUT2D eigenvalue weighted by atomic mass is 16.1. The highest BCUT2D eigenvalue weighted by molar-refractivity contribution is 5.93. The van der Waals surface area contributed by atoms with Crippen molar-refractivity contribution in [3.8, 4) is 0 Å². The van der Waals surface area contributed by atoms with Crippen LogP contribution < -0.4 is 11.5 Å². The van der Waals surface area contributed by atoms with E-state index in [2.05, 4.69) is 25.8 Å². The lowest BCUT2D eigenvalue weighted by molar-refractivity contribution is 0.100. The number of nitrogens with zero attached hydrogens (tertiary/aromatic N) is 1. The normalized spacial score (nSPS) is 11.1. The molecule has 0 spiro atoms. The van der Waals surface area contributed by atoms with Crippen molar-refractivity contribution in [2.24, 2.45) is 11.7 Å². The topological polar surface area (TPSA) is 72.3 Å². The number of primary amides is 1. The molecule has 0 fully saturated rings. The molecule has 4 heteroatoms. The van der Waals surface area contributed by atoms with Crippen molar-refractivity contribution < 1.29 is 4.79 Å². The van der Waals surface area contributed by atoms with Gasteiger partial charge in [-0.05, 0) is 30.7 Å². The van der Waals surface area contributed by atoms with Gasteiger partial charge < -0.3 is 16.4 Å². The quantitative estimate of drug-likeness (QED) is 0.759. The zero-order valence-corrected chi connectivity index (χ0v) is 10.7. The zero-order chi connectivity index (χ0) is 13.0. The molecule has 0 bridgehead atoms. The number of anilines is 1. The highest BCUT2D eigenvalue weighted by Crippen LogP contribution is 2.16. The lowest BCUT2D eigenvalue weighted by Gasteiger charge is -2.20. The van der Waals surface area contributed by atoms with E-state index in [9.17, 15) is 4.79 Å². The molecular formula is C13H21N3O. The average molecular weight is 235 g/mol. The molecule has 1 aromatic rings. The Morgan fingerprint density at radius 3 is 2.53 bits per heavy atom. The van der Waals surface area contributed by atoms with Gasteiger partial charge in [0, 0.05) is 24.3 Å². The monoisotopic (exact) mass is 235 g/mol. The minimum absolute atomic E-state index is 0.446. The lowest BCUT2D eigenvalue weighted by atomic mass is 10.1. The van der Waals surface area contributed by atoms with Gasteiger partial charge in [0.1, 0.15) is 0 Å². The molecule has 0 aliphatic rings. The molecule has 0 atom stereocenters. The van der Waals surface area contributed by atoms with Crippen molar-refractivity contribution in [2.75, 3.05) is 19.3 Å². The second kappa shape index (κ2) is 5.68. The van der Waals surface area contributed by atoms with Crippen molar-refractivity contribution in [3.63, 3.8) is 0 Å². The van der Waals surface area contributed by atoms with E-state index in [1.807, 2.05) is 6.07 Å². The molecule has 4 N–H and O–H groups in total. The summed E-state index contributed by atoms with van der Waals surface area (Å²) in [7, 11) is 2.06. The summed E-state index contributed by atoms with van der Waals surface area (Å²) in [5, 5.41) is 0. The van der Waals surface area contributed by atoms with Crippen LogP contribution >= 0.6 is 0 Å². The Bertz CT molecular complexity index is 402. The van der Waals surface area contributed by atoms with Gasteiger partial charge in [-0.1, -0.05) is 19.9 Å². The first-order chi connectivity index (χ1) is 7.90. The third kappa shape index (κ3) is 4.07. The van der Waals surface area contributed by atoms with Gasteiger partial charge in [-0.25, -0.2) is 0 Å². The molecule has 1 amide bonds. The fourth-order valence-corrected chi connectivity index (χ4v) is 1.87. The van der Waals surface area contributed by atoms with Crippen LogP contribution in [0.15, 0.2) is 18.2 Å². The van der Waals surface area contributed by atoms with Crippen LogP contribution in [-0.4, -0.2) is 24.4 Å². The van der Waals surface area contributed by atoms with Crippen LogP contribution in [0.25, 0.3) is 0 Å². The molecule has 0 aliphatic heterocycles. The number of carbonyl (C=O) groups excluding carboxylic acids is 1. The van der Waals surface area contributed by atoms with E-state index in [4.69, 9.17) is 11.5 Å². The summed E-state index contributed by atoms with van der Waals surface area (Å²) in [6.07, 6.45) is 0. The predicted octanol–water partition coefficient (Wildman–Crippen LogP) is 1.46. The third-order valence-electron chi connectivity index (χ3n) is 2.55. The maximum Gasteiger partial charge on any atom is 0.248 e. The second-order valence-electron chi connectivity index (χ2n) is 4.87. The van der Waals surface area contributed by atoms with E-state index < -0.39 is 5.91 Å². The van der Waals surface area contributed by atoms with Crippen molar-refractivity contribution in [3.05, 3.63) is 29.3 Å². The molecule has 1 aromatic carbocycles. The Hall–Kier alpha value is -1.55. The molecule has 0 unspecified atom stereocenters. The van der Waals surface area contributed by atoms with Crippen molar-refractivity contribution >= 4 is 11.6 Å². The SMILES string of the molecule is CC(C)CN(C)Cc1ccc(C(N)=O)cc1N. The van der Waals surface area contributed by atoms with Crippen LogP contribution in [0.2, 0.25) is 0 Å². The van der Waals surface area contributed by atoms with E-state index in [1.165, 1.54) is 0 Å². The minimum atomic E-state index is -0.446. The molecule has 94 valence electrons. The van der Waals surface area contributed by atoms with Gasteiger partial charge in [-0.3, -0.25) is 4.79 Å². The summed E-state index contributed by atoms with van der Waals surface area (Å²) in [5.74, 6) is 0.171. The molecule has 17 heavy (non-hydrogen) atoms. The number of rotatable bonds is 5. The Kier molecular flexibility index (Phi) is 4.52. The van der Waals surface area contributed by atoms with Gasteiger partial charge in [-0.15, -0.1) is 0 Å². The summed E-state index contributed by atoms with van der Waals surface area (Å²) in [6.45, 7) is 6.14. The smallest absolute Gasteiger partial charge is 0.248 e. The fourth-order valence-electron chi connectivity index (χ4n) is 1.87. The molecule has 1 rings (SSSR count). The van der Waals surface area contributed by atoms with Crippen LogP contribution in [-0.2, 0) is 6.54 Å². The van der Waals surface area contributed by atoms with Gasteiger partial charge >= 0.3 is 0 Å². The minimum Gasteiger partial charge on any atom is -0.398 e. The van der Waals surface area contributed by atoms with Crippen molar-refractivity contribution in [2.45, 2.75) is 20.4 Å². The van der Waals surface area contributed by atoms with E-state index in [1.54, 1.807) is 12.1 Å². The number of hydrogen-bond donors (Lipinski definition) is 2. The van der Waals surface area contributed by atoms with Gasteiger partial charge in [0.25, 0.3) is 0 Å². The molecule has 0 aliphatic carbocycles. The largest absolute Gasteiger partial charge is 0.398 e. The number of carbonyl (C=O) groups is 1. The van der Waals surface area contributed by atoms with Crippen LogP contribution in [0, 0.1) is 5.92 Å². The third-order valence-corrected chi connectivity index (χ3v) is 2.55. The summed E-state index contributed by atoms with van der Waals surface area (Å²) in [6, 6.07) is 5.23. The van der Waals surface area contributed by atoms with Gasteiger partial charge in [-0.2, -0.15) is 0 Å². The lowest BCUT2D eigenvalue weighted by Crippen LogP contribution is -2.23. The van der Waals surface area contributed by atoms with Gasteiger partial charge in [0.05, 0.1) is 0 Å². The Morgan fingerprint density at radius 2 is 2.06 bits per heavy atom. The first kappa shape index (κ1) is 13.5. The fraction of sp³-hybridized carbons (Fsp3) is 0.462. The first-order valence-electron chi connectivity index (χ1n) is 5.77. The molecule has 0 radical (unpaired) electrons. The van der Waals surface area contributed by atoms with Crippen molar-refractivity contribution in [1.29, 1.82) is 0 Å². The molecular weight excluding hydrogens is 214 g/mol. The number of amides is 1. The summed E-state index contributed by atoms with van der Waals surface area (Å²) >= 11 is 0. The van der Waals surface area contributed by atoms with Crippen LogP contribution in [0.3, 0.4) is 0 Å². The van der Waals surface area contributed by atoms with E-state index in [0.717, 1.165) is 18.7 Å². The maximum atomic E-state index is 11.0. The number of nitrogen functional groups attached to an aromatic ring is 1. The molecule has 0 saturated carbocycles. The summed E-state index contributed by atoms with van der Waals surface area (Å²) < 4.78 is 0. The van der Waals surface area contributed by atoms with E-state index >= 15 is 0 Å².